The lowest BCUT2D eigenvalue weighted by Crippen LogP contribution is -2.50. The Labute approximate surface area is 165 Å². The van der Waals surface area contributed by atoms with Crippen LogP contribution in [0.15, 0.2) is 48.5 Å². The van der Waals surface area contributed by atoms with Gasteiger partial charge in [-0.3, -0.25) is 4.79 Å². The molecule has 1 aliphatic rings. The fourth-order valence-corrected chi connectivity index (χ4v) is 3.21. The third kappa shape index (κ3) is 4.76. The van der Waals surface area contributed by atoms with Gasteiger partial charge >= 0.3 is 0 Å². The summed E-state index contributed by atoms with van der Waals surface area (Å²) in [6, 6.07) is 12.8. The minimum Gasteiger partial charge on any atom is -0.508 e. The second-order valence-corrected chi connectivity index (χ2v) is 6.58. The van der Waals surface area contributed by atoms with Gasteiger partial charge in [-0.15, -0.1) is 0 Å². The van der Waals surface area contributed by atoms with Crippen LogP contribution in [0.1, 0.15) is 12.5 Å². The first-order valence-corrected chi connectivity index (χ1v) is 9.36. The summed E-state index contributed by atoms with van der Waals surface area (Å²) >= 11 is 0. The van der Waals surface area contributed by atoms with E-state index >= 15 is 0 Å². The van der Waals surface area contributed by atoms with Gasteiger partial charge in [0, 0.05) is 31.9 Å². The number of aromatic hydroxyl groups is 1. The molecule has 0 aromatic heterocycles. The number of rotatable bonds is 6. The molecule has 6 nitrogen and oxygen atoms in total. The van der Waals surface area contributed by atoms with E-state index in [9.17, 15) is 9.90 Å². The number of allylic oxidation sites excluding steroid dienone is 1. The van der Waals surface area contributed by atoms with Crippen LogP contribution in [0.5, 0.6) is 17.2 Å². The van der Waals surface area contributed by atoms with Crippen molar-refractivity contribution in [2.24, 2.45) is 0 Å². The van der Waals surface area contributed by atoms with Crippen LogP contribution in [0, 0.1) is 0 Å². The fraction of sp³-hybridized carbons (Fsp3) is 0.318. The average molecular weight is 382 g/mol. The number of nitrogens with zero attached hydrogens (tertiary/aromatic N) is 2. The highest BCUT2D eigenvalue weighted by Crippen LogP contribution is 2.28. The van der Waals surface area contributed by atoms with E-state index in [0.29, 0.717) is 24.6 Å². The van der Waals surface area contributed by atoms with Crippen molar-refractivity contribution in [3.63, 3.8) is 0 Å². The lowest BCUT2D eigenvalue weighted by Gasteiger charge is -2.36. The van der Waals surface area contributed by atoms with Crippen molar-refractivity contribution in [3.05, 3.63) is 54.1 Å². The number of ether oxygens (including phenoxy) is 2. The molecule has 1 N–H and O–H groups in total. The predicted molar refractivity (Wildman–Crippen MR) is 110 cm³/mol. The van der Waals surface area contributed by atoms with Gasteiger partial charge < -0.3 is 24.4 Å². The molecule has 0 saturated carbocycles. The van der Waals surface area contributed by atoms with Crippen molar-refractivity contribution in [2.45, 2.75) is 6.92 Å². The molecule has 3 rings (SSSR count). The molecule has 28 heavy (non-hydrogen) atoms. The zero-order valence-electron chi connectivity index (χ0n) is 16.3. The summed E-state index contributed by atoms with van der Waals surface area (Å²) in [6.45, 7) is 4.71. The van der Waals surface area contributed by atoms with Gasteiger partial charge in [0.15, 0.2) is 18.1 Å². The average Bonchev–Trinajstić information content (AvgIpc) is 2.73. The van der Waals surface area contributed by atoms with Crippen LogP contribution in [0.4, 0.5) is 5.69 Å². The smallest absolute Gasteiger partial charge is 0.260 e. The van der Waals surface area contributed by atoms with E-state index in [1.54, 1.807) is 19.2 Å². The number of hydrogen-bond donors (Lipinski definition) is 1. The van der Waals surface area contributed by atoms with Crippen LogP contribution < -0.4 is 14.4 Å². The van der Waals surface area contributed by atoms with Gasteiger partial charge in [-0.05, 0) is 48.9 Å². The molecule has 0 bridgehead atoms. The van der Waals surface area contributed by atoms with E-state index < -0.39 is 0 Å². The quantitative estimate of drug-likeness (QED) is 0.832. The van der Waals surface area contributed by atoms with E-state index in [2.05, 4.69) is 4.90 Å². The number of benzene rings is 2. The first-order valence-electron chi connectivity index (χ1n) is 9.36. The van der Waals surface area contributed by atoms with E-state index in [1.807, 2.05) is 54.3 Å². The molecule has 148 valence electrons. The van der Waals surface area contributed by atoms with Crippen molar-refractivity contribution in [1.29, 1.82) is 0 Å². The first-order chi connectivity index (χ1) is 13.6. The number of phenolic OH excluding ortho intramolecular Hbond substituents is 1. The minimum absolute atomic E-state index is 0.0153. The van der Waals surface area contributed by atoms with Crippen molar-refractivity contribution in [2.75, 3.05) is 44.8 Å². The SMILES string of the molecule is C/C=C/c1ccc(OCC(=O)N2CCN(c3ccc(O)cc3)CC2)c(OC)c1. The fourth-order valence-electron chi connectivity index (χ4n) is 3.21. The van der Waals surface area contributed by atoms with Gasteiger partial charge in [-0.25, -0.2) is 0 Å². The molecule has 1 fully saturated rings. The minimum atomic E-state index is -0.0371. The standard InChI is InChI=1S/C22H26N2O4/c1-3-4-17-5-10-20(21(15-17)27-2)28-16-22(26)24-13-11-23(12-14-24)18-6-8-19(25)9-7-18/h3-10,15,25H,11-14,16H2,1-2H3/b4-3+. The number of carbonyl (C=O) groups is 1. The monoisotopic (exact) mass is 382 g/mol. The topological polar surface area (TPSA) is 62.2 Å². The van der Waals surface area contributed by atoms with Crippen molar-refractivity contribution < 1.29 is 19.4 Å². The zero-order valence-corrected chi connectivity index (χ0v) is 16.3. The molecule has 1 heterocycles. The number of amides is 1. The number of carbonyl (C=O) groups excluding carboxylic acids is 1. The Balaban J connectivity index is 1.53. The van der Waals surface area contributed by atoms with Gasteiger partial charge in [0.2, 0.25) is 0 Å². The van der Waals surface area contributed by atoms with Crippen LogP contribution in [-0.4, -0.2) is 55.8 Å². The molecule has 1 aliphatic heterocycles. The van der Waals surface area contributed by atoms with Crippen LogP contribution in [0.2, 0.25) is 0 Å². The molecule has 1 amide bonds. The Hall–Kier alpha value is -3.15. The van der Waals surface area contributed by atoms with Gasteiger partial charge in [0.25, 0.3) is 5.91 Å². The molecule has 2 aromatic carbocycles. The lowest BCUT2D eigenvalue weighted by atomic mass is 10.2. The Bertz CT molecular complexity index is 825. The summed E-state index contributed by atoms with van der Waals surface area (Å²) in [7, 11) is 1.59. The number of piperazine rings is 1. The predicted octanol–water partition coefficient (Wildman–Crippen LogP) is 3.16. The van der Waals surface area contributed by atoms with Crippen LogP contribution in [0.25, 0.3) is 6.08 Å². The highest BCUT2D eigenvalue weighted by molar-refractivity contribution is 5.78. The maximum Gasteiger partial charge on any atom is 0.260 e. The van der Waals surface area contributed by atoms with Crippen LogP contribution in [0.3, 0.4) is 0 Å². The molecular weight excluding hydrogens is 356 g/mol. The number of phenols is 1. The van der Waals surface area contributed by atoms with Gasteiger partial charge in [-0.1, -0.05) is 18.2 Å². The second-order valence-electron chi connectivity index (χ2n) is 6.58. The molecule has 0 unspecified atom stereocenters. The Morgan fingerprint density at radius 3 is 2.43 bits per heavy atom. The lowest BCUT2D eigenvalue weighted by molar-refractivity contribution is -0.133. The van der Waals surface area contributed by atoms with E-state index in [1.165, 1.54) is 0 Å². The first kappa shape index (κ1) is 19.6. The number of hydrogen-bond acceptors (Lipinski definition) is 5. The van der Waals surface area contributed by atoms with Gasteiger partial charge in [0.1, 0.15) is 5.75 Å². The zero-order chi connectivity index (χ0) is 19.9. The highest BCUT2D eigenvalue weighted by Gasteiger charge is 2.22. The molecule has 0 atom stereocenters. The maximum absolute atomic E-state index is 12.5. The molecule has 0 radical (unpaired) electrons. The Morgan fingerprint density at radius 1 is 1.07 bits per heavy atom. The third-order valence-corrected chi connectivity index (χ3v) is 4.75. The second kappa shape index (κ2) is 9.17. The van der Waals surface area contributed by atoms with Crippen molar-refractivity contribution in [3.8, 4) is 17.2 Å². The number of anilines is 1. The van der Waals surface area contributed by atoms with E-state index in [4.69, 9.17) is 9.47 Å². The Morgan fingerprint density at radius 2 is 1.79 bits per heavy atom. The molecular formula is C22H26N2O4. The van der Waals surface area contributed by atoms with Gasteiger partial charge in [-0.2, -0.15) is 0 Å². The van der Waals surface area contributed by atoms with Crippen LogP contribution in [-0.2, 0) is 4.79 Å². The summed E-state index contributed by atoms with van der Waals surface area (Å²) in [4.78, 5) is 16.5. The molecule has 0 spiro atoms. The molecule has 0 aliphatic carbocycles. The summed E-state index contributed by atoms with van der Waals surface area (Å²) < 4.78 is 11.1. The van der Waals surface area contributed by atoms with Crippen molar-refractivity contribution in [1.82, 2.24) is 4.90 Å². The molecule has 1 saturated heterocycles. The van der Waals surface area contributed by atoms with Gasteiger partial charge in [0.05, 0.1) is 7.11 Å². The Kier molecular flexibility index (Phi) is 6.42. The summed E-state index contributed by atoms with van der Waals surface area (Å²) in [5, 5.41) is 9.40. The summed E-state index contributed by atoms with van der Waals surface area (Å²) in [5.41, 5.74) is 2.07. The highest BCUT2D eigenvalue weighted by atomic mass is 16.5. The molecule has 6 heteroatoms. The summed E-state index contributed by atoms with van der Waals surface area (Å²) in [5.74, 6) is 1.39. The third-order valence-electron chi connectivity index (χ3n) is 4.75. The van der Waals surface area contributed by atoms with Crippen LogP contribution >= 0.6 is 0 Å². The molecule has 2 aromatic rings. The van der Waals surface area contributed by atoms with E-state index in [-0.39, 0.29) is 18.3 Å². The maximum atomic E-state index is 12.5. The van der Waals surface area contributed by atoms with Crippen molar-refractivity contribution >= 4 is 17.7 Å². The number of methoxy groups -OCH3 is 1. The van der Waals surface area contributed by atoms with E-state index in [0.717, 1.165) is 24.3 Å². The summed E-state index contributed by atoms with van der Waals surface area (Å²) in [6.07, 6.45) is 3.93. The largest absolute Gasteiger partial charge is 0.508 e. The normalized spacial score (nSPS) is 14.4.